The second-order valence-electron chi connectivity index (χ2n) is 11.3. The number of benzene rings is 1. The average Bonchev–Trinajstić information content (AvgIpc) is 3.03. The Morgan fingerprint density at radius 3 is 2.38 bits per heavy atom. The lowest BCUT2D eigenvalue weighted by Gasteiger charge is -2.49. The van der Waals surface area contributed by atoms with Crippen molar-refractivity contribution in [2.45, 2.75) is 83.3 Å². The number of nitrogens with zero attached hydrogens (tertiary/aromatic N) is 4. The quantitative estimate of drug-likeness (QED) is 0.496. The van der Waals surface area contributed by atoms with Gasteiger partial charge < -0.3 is 14.5 Å². The fraction of sp³-hybridized carbons (Fsp3) is 0.714. The van der Waals surface area contributed by atoms with Gasteiger partial charge in [0.25, 0.3) is 0 Å². The molecule has 3 fully saturated rings. The van der Waals surface area contributed by atoms with Gasteiger partial charge in [-0.3, -0.25) is 4.90 Å². The molecule has 4 rings (SSSR count). The number of hydrogen-bond acceptors (Lipinski definition) is 4. The van der Waals surface area contributed by atoms with Crippen molar-refractivity contribution in [3.05, 3.63) is 29.8 Å². The minimum absolute atomic E-state index is 0.142. The molecular weight excluding hydrogens is 424 g/mol. The van der Waals surface area contributed by atoms with Crippen LogP contribution in [-0.4, -0.2) is 65.1 Å². The molecule has 34 heavy (non-hydrogen) atoms. The Kier molecular flexibility index (Phi) is 7.42. The van der Waals surface area contributed by atoms with Crippen molar-refractivity contribution < 1.29 is 9.53 Å². The Hall–Kier alpha value is -2.26. The minimum atomic E-state index is -0.413. The molecule has 0 radical (unpaired) electrons. The zero-order valence-electron chi connectivity index (χ0n) is 21.6. The maximum atomic E-state index is 13.7. The SMILES string of the molecule is CCOc1ccc(CN2CC3(CCC(C#N)(N(C)CC(C)C)CC3)N(CC3CCC3)C2=O)cc1. The molecule has 1 aromatic rings. The van der Waals surface area contributed by atoms with E-state index < -0.39 is 5.54 Å². The molecule has 0 atom stereocenters. The molecule has 2 saturated carbocycles. The molecule has 6 nitrogen and oxygen atoms in total. The predicted molar refractivity (Wildman–Crippen MR) is 134 cm³/mol. The van der Waals surface area contributed by atoms with E-state index >= 15 is 0 Å². The summed E-state index contributed by atoms with van der Waals surface area (Å²) in [5.41, 5.74) is 0.580. The Morgan fingerprint density at radius 1 is 1.18 bits per heavy atom. The third kappa shape index (κ3) is 4.91. The normalized spacial score (nSPS) is 27.5. The van der Waals surface area contributed by atoms with E-state index in [1.54, 1.807) is 0 Å². The summed E-state index contributed by atoms with van der Waals surface area (Å²) in [5, 5.41) is 10.2. The summed E-state index contributed by atoms with van der Waals surface area (Å²) in [6.07, 6.45) is 7.22. The maximum absolute atomic E-state index is 13.7. The number of carbonyl (C=O) groups excluding carboxylic acids is 1. The number of nitriles is 1. The summed E-state index contributed by atoms with van der Waals surface area (Å²) in [7, 11) is 2.10. The van der Waals surface area contributed by atoms with Crippen molar-refractivity contribution in [3.8, 4) is 11.8 Å². The average molecular weight is 467 g/mol. The van der Waals surface area contributed by atoms with E-state index in [1.165, 1.54) is 19.3 Å². The zero-order valence-corrected chi connectivity index (χ0v) is 21.6. The topological polar surface area (TPSA) is 59.8 Å². The zero-order chi connectivity index (χ0) is 24.3. The van der Waals surface area contributed by atoms with Gasteiger partial charge in [-0.25, -0.2) is 4.79 Å². The van der Waals surface area contributed by atoms with Gasteiger partial charge in [-0.1, -0.05) is 32.4 Å². The van der Waals surface area contributed by atoms with Crippen LogP contribution < -0.4 is 4.74 Å². The van der Waals surface area contributed by atoms with E-state index in [2.05, 4.69) is 48.9 Å². The smallest absolute Gasteiger partial charge is 0.320 e. The number of hydrogen-bond donors (Lipinski definition) is 0. The van der Waals surface area contributed by atoms with Gasteiger partial charge in [0, 0.05) is 26.2 Å². The van der Waals surface area contributed by atoms with Crippen LogP contribution in [-0.2, 0) is 6.54 Å². The van der Waals surface area contributed by atoms with E-state index in [9.17, 15) is 10.1 Å². The monoisotopic (exact) mass is 466 g/mol. The first-order valence-corrected chi connectivity index (χ1v) is 13.2. The highest BCUT2D eigenvalue weighted by molar-refractivity contribution is 5.78. The fourth-order valence-electron chi connectivity index (χ4n) is 6.15. The number of carbonyl (C=O) groups is 1. The van der Waals surface area contributed by atoms with Gasteiger partial charge in [-0.05, 0) is 82.0 Å². The van der Waals surface area contributed by atoms with E-state index in [4.69, 9.17) is 4.74 Å². The third-order valence-corrected chi connectivity index (χ3v) is 8.42. The van der Waals surface area contributed by atoms with Gasteiger partial charge in [0.05, 0.1) is 18.2 Å². The van der Waals surface area contributed by atoms with Gasteiger partial charge >= 0.3 is 6.03 Å². The summed E-state index contributed by atoms with van der Waals surface area (Å²) >= 11 is 0. The van der Waals surface area contributed by atoms with E-state index in [0.29, 0.717) is 25.0 Å². The summed E-state index contributed by atoms with van der Waals surface area (Å²) < 4.78 is 5.58. The number of amides is 2. The number of urea groups is 1. The minimum Gasteiger partial charge on any atom is -0.494 e. The van der Waals surface area contributed by atoms with Crippen LogP contribution in [0.1, 0.15) is 71.3 Å². The van der Waals surface area contributed by atoms with Crippen molar-refractivity contribution in [3.63, 3.8) is 0 Å². The van der Waals surface area contributed by atoms with Gasteiger partial charge in [0.1, 0.15) is 11.3 Å². The highest BCUT2D eigenvalue weighted by Gasteiger charge is 2.55. The van der Waals surface area contributed by atoms with Crippen LogP contribution in [0.5, 0.6) is 5.75 Å². The van der Waals surface area contributed by atoms with Crippen LogP contribution in [0.15, 0.2) is 24.3 Å². The second kappa shape index (κ2) is 10.2. The fourth-order valence-corrected chi connectivity index (χ4v) is 6.15. The third-order valence-electron chi connectivity index (χ3n) is 8.42. The second-order valence-corrected chi connectivity index (χ2v) is 11.3. The Labute approximate surface area is 205 Å². The molecule has 1 heterocycles. The molecule has 1 spiro atoms. The summed E-state index contributed by atoms with van der Waals surface area (Å²) in [6.45, 7) is 10.3. The summed E-state index contributed by atoms with van der Waals surface area (Å²) in [4.78, 5) is 20.2. The molecule has 6 heteroatoms. The van der Waals surface area contributed by atoms with Crippen LogP contribution >= 0.6 is 0 Å². The Balaban J connectivity index is 1.50. The standard InChI is InChI=1S/C28H42N4O2/c1-5-34-25-11-9-24(10-12-25)18-31-21-28(32(26(31)33)19-23-7-6-8-23)15-13-27(20-29,14-16-28)30(4)17-22(2)3/h9-12,22-23H,5-8,13-19,21H2,1-4H3. The molecule has 0 aromatic heterocycles. The van der Waals surface area contributed by atoms with Gasteiger partial charge in [0.2, 0.25) is 0 Å². The van der Waals surface area contributed by atoms with Crippen molar-refractivity contribution >= 4 is 6.03 Å². The van der Waals surface area contributed by atoms with Crippen molar-refractivity contribution in [2.75, 3.05) is 33.3 Å². The number of rotatable bonds is 9. The molecule has 0 bridgehead atoms. The highest BCUT2D eigenvalue weighted by Crippen LogP contribution is 2.46. The van der Waals surface area contributed by atoms with Crippen LogP contribution in [0.4, 0.5) is 4.79 Å². The first-order valence-electron chi connectivity index (χ1n) is 13.2. The van der Waals surface area contributed by atoms with Gasteiger partial charge in [0.15, 0.2) is 0 Å². The summed E-state index contributed by atoms with van der Waals surface area (Å²) in [6, 6.07) is 11.0. The molecular formula is C28H42N4O2. The molecule has 1 saturated heterocycles. The number of ether oxygens (including phenoxy) is 1. The first-order chi connectivity index (χ1) is 16.3. The van der Waals surface area contributed by atoms with Crippen LogP contribution in [0, 0.1) is 23.2 Å². The Morgan fingerprint density at radius 2 is 1.85 bits per heavy atom. The first kappa shape index (κ1) is 24.9. The largest absolute Gasteiger partial charge is 0.494 e. The lowest BCUT2D eigenvalue weighted by Crippen LogP contribution is -2.58. The van der Waals surface area contributed by atoms with Crippen LogP contribution in [0.25, 0.3) is 0 Å². The van der Waals surface area contributed by atoms with Gasteiger partial charge in [-0.2, -0.15) is 5.26 Å². The van der Waals surface area contributed by atoms with Crippen LogP contribution in [0.2, 0.25) is 0 Å². The van der Waals surface area contributed by atoms with Crippen molar-refractivity contribution in [1.82, 2.24) is 14.7 Å². The predicted octanol–water partition coefficient (Wildman–Crippen LogP) is 5.29. The lowest BCUT2D eigenvalue weighted by molar-refractivity contribution is 0.0307. The van der Waals surface area contributed by atoms with Crippen molar-refractivity contribution in [1.29, 1.82) is 5.26 Å². The summed E-state index contributed by atoms with van der Waals surface area (Å²) in [5.74, 6) is 2.03. The molecule has 3 aliphatic rings. The lowest BCUT2D eigenvalue weighted by atomic mass is 9.71. The molecule has 1 aromatic carbocycles. The van der Waals surface area contributed by atoms with E-state index in [1.807, 2.05) is 24.0 Å². The molecule has 186 valence electrons. The van der Waals surface area contributed by atoms with Crippen molar-refractivity contribution in [2.24, 2.45) is 11.8 Å². The van der Waals surface area contributed by atoms with E-state index in [0.717, 1.165) is 56.6 Å². The molecule has 0 N–H and O–H groups in total. The molecule has 2 amide bonds. The highest BCUT2D eigenvalue weighted by atomic mass is 16.5. The molecule has 2 aliphatic carbocycles. The molecule has 0 unspecified atom stereocenters. The Bertz CT molecular complexity index is 879. The van der Waals surface area contributed by atoms with E-state index in [-0.39, 0.29) is 11.6 Å². The molecule has 1 aliphatic heterocycles. The maximum Gasteiger partial charge on any atom is 0.320 e. The van der Waals surface area contributed by atoms with Crippen LogP contribution in [0.3, 0.4) is 0 Å². The van der Waals surface area contributed by atoms with Gasteiger partial charge in [-0.15, -0.1) is 0 Å².